The number of ether oxygens (including phenoxy) is 1. The molecule has 2 heterocycles. The number of pyridine rings is 1. The number of hydrogen-bond donors (Lipinski definition) is 0. The number of sulfonamides is 1. The van der Waals surface area contributed by atoms with Crippen LogP contribution >= 0.6 is 0 Å². The second kappa shape index (κ2) is 6.00. The maximum atomic E-state index is 13.1. The number of hydrogen-bond acceptors (Lipinski definition) is 5. The van der Waals surface area contributed by atoms with Crippen LogP contribution in [0.5, 0.6) is 0 Å². The molecule has 0 fully saturated rings. The Kier molecular flexibility index (Phi) is 4.04. The van der Waals surface area contributed by atoms with Crippen molar-refractivity contribution in [3.8, 4) is 0 Å². The van der Waals surface area contributed by atoms with Crippen LogP contribution < -0.4 is 4.31 Å². The van der Waals surface area contributed by atoms with Gasteiger partial charge in [0.25, 0.3) is 10.0 Å². The van der Waals surface area contributed by atoms with Gasteiger partial charge in [-0.15, -0.1) is 0 Å². The summed E-state index contributed by atoms with van der Waals surface area (Å²) in [6, 6.07) is 8.81. The van der Waals surface area contributed by atoms with E-state index in [0.717, 1.165) is 9.87 Å². The number of methoxy groups -OCH3 is 1. The maximum absolute atomic E-state index is 13.1. The van der Waals surface area contributed by atoms with Crippen molar-refractivity contribution < 1.29 is 17.9 Å². The van der Waals surface area contributed by atoms with E-state index in [1.165, 1.54) is 25.4 Å². The first-order valence-electron chi connectivity index (χ1n) is 7.16. The summed E-state index contributed by atoms with van der Waals surface area (Å²) in [5, 5.41) is 0. The topological polar surface area (TPSA) is 76.6 Å². The molecule has 120 valence electrons. The lowest BCUT2D eigenvalue weighted by atomic mass is 10.00. The maximum Gasteiger partial charge on any atom is 0.329 e. The molecule has 23 heavy (non-hydrogen) atoms. The third-order valence-electron chi connectivity index (χ3n) is 3.86. The van der Waals surface area contributed by atoms with Gasteiger partial charge in [-0.2, -0.15) is 0 Å². The number of fused-ring (bicyclic) bond motifs is 1. The van der Waals surface area contributed by atoms with E-state index in [-0.39, 0.29) is 4.90 Å². The van der Waals surface area contributed by atoms with Crippen molar-refractivity contribution in [2.24, 2.45) is 0 Å². The lowest BCUT2D eigenvalue weighted by Crippen LogP contribution is -2.48. The van der Waals surface area contributed by atoms with Crippen LogP contribution in [-0.4, -0.2) is 32.5 Å². The number of nitrogens with zero attached hydrogens (tertiary/aromatic N) is 2. The second-order valence-corrected chi connectivity index (χ2v) is 7.01. The van der Waals surface area contributed by atoms with Crippen LogP contribution in [0.2, 0.25) is 0 Å². The van der Waals surface area contributed by atoms with Crippen LogP contribution in [0.3, 0.4) is 0 Å². The summed E-state index contributed by atoms with van der Waals surface area (Å²) in [4.78, 5) is 16.3. The number of carbonyl (C=O) groups is 1. The van der Waals surface area contributed by atoms with Gasteiger partial charge in [0.1, 0.15) is 6.04 Å². The summed E-state index contributed by atoms with van der Waals surface area (Å²) in [7, 11) is -2.61. The van der Waals surface area contributed by atoms with Crippen LogP contribution in [0.15, 0.2) is 53.7 Å². The number of benzene rings is 1. The predicted octanol–water partition coefficient (Wildman–Crippen LogP) is 1.76. The molecule has 1 unspecified atom stereocenters. The standard InChI is InChI=1S/C16H16N2O4S/c1-22-16(19)15-8-7-12-11-17-10-9-14(12)18(15)23(20,21)13-5-3-2-4-6-13/h2-6,9-11,15H,7-8H2,1H3. The molecule has 1 aliphatic heterocycles. The van der Waals surface area contributed by atoms with Crippen molar-refractivity contribution in [1.82, 2.24) is 4.98 Å². The minimum Gasteiger partial charge on any atom is -0.467 e. The fourth-order valence-electron chi connectivity index (χ4n) is 2.76. The highest BCUT2D eigenvalue weighted by Crippen LogP contribution is 2.35. The molecule has 1 aromatic heterocycles. The van der Waals surface area contributed by atoms with E-state index in [0.29, 0.717) is 18.5 Å². The first-order chi connectivity index (χ1) is 11.1. The molecule has 7 heteroatoms. The number of esters is 1. The molecule has 3 rings (SSSR count). The minimum absolute atomic E-state index is 0.138. The molecule has 0 saturated carbocycles. The Morgan fingerprint density at radius 2 is 2.00 bits per heavy atom. The zero-order valence-corrected chi connectivity index (χ0v) is 13.4. The Hall–Kier alpha value is -2.41. The molecule has 0 spiro atoms. The first-order valence-corrected chi connectivity index (χ1v) is 8.60. The Bertz CT molecular complexity index is 821. The van der Waals surface area contributed by atoms with Crippen LogP contribution in [0.1, 0.15) is 12.0 Å². The van der Waals surface area contributed by atoms with Crippen molar-refractivity contribution in [1.29, 1.82) is 0 Å². The molecule has 6 nitrogen and oxygen atoms in total. The van der Waals surface area contributed by atoms with E-state index in [1.807, 2.05) is 0 Å². The summed E-state index contributed by atoms with van der Waals surface area (Å²) in [5.41, 5.74) is 1.28. The third kappa shape index (κ3) is 2.68. The predicted molar refractivity (Wildman–Crippen MR) is 84.5 cm³/mol. The van der Waals surface area contributed by atoms with Crippen LogP contribution in [0.4, 0.5) is 5.69 Å². The van der Waals surface area contributed by atoms with E-state index in [9.17, 15) is 13.2 Å². The average molecular weight is 332 g/mol. The number of anilines is 1. The Labute approximate surface area is 134 Å². The van der Waals surface area contributed by atoms with Crippen LogP contribution in [0.25, 0.3) is 0 Å². The van der Waals surface area contributed by atoms with Crippen LogP contribution in [-0.2, 0) is 26.0 Å². The van der Waals surface area contributed by atoms with Gasteiger partial charge >= 0.3 is 5.97 Å². The molecule has 0 radical (unpaired) electrons. The van der Waals surface area contributed by atoms with Crippen molar-refractivity contribution >= 4 is 21.7 Å². The SMILES string of the molecule is COC(=O)C1CCc2cnccc2N1S(=O)(=O)c1ccccc1. The summed E-state index contributed by atoms with van der Waals surface area (Å²) >= 11 is 0. The van der Waals surface area contributed by atoms with Crippen LogP contribution in [0, 0.1) is 0 Å². The fourth-order valence-corrected chi connectivity index (χ4v) is 4.45. The summed E-state index contributed by atoms with van der Waals surface area (Å²) in [6.45, 7) is 0. The first kappa shape index (κ1) is 15.5. The minimum atomic E-state index is -3.87. The van der Waals surface area contributed by atoms with E-state index in [1.54, 1.807) is 30.5 Å². The molecule has 0 amide bonds. The molecule has 1 atom stereocenters. The van der Waals surface area contributed by atoms with Gasteiger partial charge in [-0.1, -0.05) is 18.2 Å². The van der Waals surface area contributed by atoms with Crippen molar-refractivity contribution in [2.75, 3.05) is 11.4 Å². The Balaban J connectivity index is 2.17. The third-order valence-corrected chi connectivity index (χ3v) is 5.70. The van der Waals surface area contributed by atoms with Gasteiger partial charge in [-0.25, -0.2) is 13.2 Å². The van der Waals surface area contributed by atoms with Gasteiger partial charge in [0, 0.05) is 12.4 Å². The molecule has 2 aromatic rings. The van der Waals surface area contributed by atoms with Crippen molar-refractivity contribution in [2.45, 2.75) is 23.8 Å². The van der Waals surface area contributed by atoms with E-state index >= 15 is 0 Å². The molecular formula is C16H16N2O4S. The monoisotopic (exact) mass is 332 g/mol. The zero-order chi connectivity index (χ0) is 16.4. The quantitative estimate of drug-likeness (QED) is 0.801. The van der Waals surface area contributed by atoms with E-state index in [4.69, 9.17) is 4.74 Å². The smallest absolute Gasteiger partial charge is 0.329 e. The number of carbonyl (C=O) groups excluding carboxylic acids is 1. The lowest BCUT2D eigenvalue weighted by Gasteiger charge is -2.35. The Morgan fingerprint density at radius 3 is 2.70 bits per heavy atom. The number of aryl methyl sites for hydroxylation is 1. The van der Waals surface area contributed by atoms with Gasteiger partial charge in [-0.3, -0.25) is 9.29 Å². The van der Waals surface area contributed by atoms with Gasteiger partial charge < -0.3 is 4.74 Å². The number of rotatable bonds is 3. The van der Waals surface area contributed by atoms with Gasteiger partial charge in [0.2, 0.25) is 0 Å². The normalized spacial score (nSPS) is 17.4. The van der Waals surface area contributed by atoms with Gasteiger partial charge in [-0.05, 0) is 36.6 Å². The van der Waals surface area contributed by atoms with Crippen molar-refractivity contribution in [3.63, 3.8) is 0 Å². The van der Waals surface area contributed by atoms with Gasteiger partial charge in [0.05, 0.1) is 17.7 Å². The second-order valence-electron chi connectivity index (χ2n) is 5.20. The van der Waals surface area contributed by atoms with E-state index in [2.05, 4.69) is 4.98 Å². The average Bonchev–Trinajstić information content (AvgIpc) is 2.60. The molecule has 0 bridgehead atoms. The van der Waals surface area contributed by atoms with E-state index < -0.39 is 22.0 Å². The number of aromatic nitrogens is 1. The highest BCUT2D eigenvalue weighted by atomic mass is 32.2. The molecule has 1 aromatic carbocycles. The fraction of sp³-hybridized carbons (Fsp3) is 0.250. The van der Waals surface area contributed by atoms with Gasteiger partial charge in [0.15, 0.2) is 0 Å². The zero-order valence-electron chi connectivity index (χ0n) is 12.5. The Morgan fingerprint density at radius 1 is 1.26 bits per heavy atom. The van der Waals surface area contributed by atoms with Crippen molar-refractivity contribution in [3.05, 3.63) is 54.4 Å². The molecule has 1 aliphatic rings. The summed E-state index contributed by atoms with van der Waals surface area (Å²) in [6.07, 6.45) is 4.09. The molecular weight excluding hydrogens is 316 g/mol. The highest BCUT2D eigenvalue weighted by molar-refractivity contribution is 7.93. The summed E-state index contributed by atoms with van der Waals surface area (Å²) in [5.74, 6) is -0.563. The molecule has 0 N–H and O–H groups in total. The molecule has 0 saturated heterocycles. The molecule has 0 aliphatic carbocycles. The lowest BCUT2D eigenvalue weighted by molar-refractivity contribution is -0.142. The summed E-state index contributed by atoms with van der Waals surface area (Å²) < 4.78 is 32.1. The largest absolute Gasteiger partial charge is 0.467 e. The highest BCUT2D eigenvalue weighted by Gasteiger charge is 2.40.